The molecule has 2 amide bonds. The van der Waals surface area contributed by atoms with E-state index in [2.05, 4.69) is 0 Å². The Balaban J connectivity index is 1.74. The van der Waals surface area contributed by atoms with E-state index in [9.17, 15) is 18.4 Å². The number of hydrogen-bond acceptors (Lipinski definition) is 3. The number of rotatable bonds is 6. The molecule has 1 fully saturated rings. The van der Waals surface area contributed by atoms with E-state index in [0.29, 0.717) is 30.8 Å². The SMILES string of the molecule is CCN(CCN1C(=O)[C@H](C)S[C@@H]1c1ccccc1F)C(=O)c1ccc(F)cc1. The van der Waals surface area contributed by atoms with Gasteiger partial charge in [-0.3, -0.25) is 9.59 Å². The summed E-state index contributed by atoms with van der Waals surface area (Å²) in [7, 11) is 0. The third kappa shape index (κ3) is 4.19. The summed E-state index contributed by atoms with van der Waals surface area (Å²) in [5.74, 6) is -1.04. The van der Waals surface area contributed by atoms with Crippen LogP contribution in [-0.4, -0.2) is 46.5 Å². The van der Waals surface area contributed by atoms with Crippen LogP contribution in [0.3, 0.4) is 0 Å². The summed E-state index contributed by atoms with van der Waals surface area (Å²) in [6, 6.07) is 11.8. The van der Waals surface area contributed by atoms with Crippen LogP contribution in [0.25, 0.3) is 0 Å². The number of halogens is 2. The van der Waals surface area contributed by atoms with Crippen LogP contribution in [0.4, 0.5) is 8.78 Å². The molecule has 0 bridgehead atoms. The Hall–Kier alpha value is -2.41. The molecule has 0 aliphatic carbocycles. The van der Waals surface area contributed by atoms with E-state index in [1.54, 1.807) is 28.0 Å². The molecule has 3 rings (SSSR count). The third-order valence-corrected chi connectivity index (χ3v) is 6.17. The summed E-state index contributed by atoms with van der Waals surface area (Å²) < 4.78 is 27.4. The number of amides is 2. The lowest BCUT2D eigenvalue weighted by atomic mass is 10.1. The topological polar surface area (TPSA) is 40.6 Å². The smallest absolute Gasteiger partial charge is 0.253 e. The fourth-order valence-corrected chi connectivity index (χ4v) is 4.56. The lowest BCUT2D eigenvalue weighted by Crippen LogP contribution is -2.40. The summed E-state index contributed by atoms with van der Waals surface area (Å²) in [4.78, 5) is 28.5. The predicted octanol–water partition coefficient (Wildman–Crippen LogP) is 4.09. The molecule has 2 aromatic carbocycles. The third-order valence-electron chi connectivity index (χ3n) is 4.79. The Labute approximate surface area is 167 Å². The quantitative estimate of drug-likeness (QED) is 0.728. The minimum absolute atomic E-state index is 0.0662. The number of likely N-dealkylation sites (N-methyl/N-ethyl adjacent to an activating group) is 1. The normalized spacial score (nSPS) is 19.1. The number of benzene rings is 2. The first-order valence-electron chi connectivity index (χ1n) is 9.17. The van der Waals surface area contributed by atoms with Crippen molar-refractivity contribution in [2.75, 3.05) is 19.6 Å². The fourth-order valence-electron chi connectivity index (χ4n) is 3.22. The zero-order chi connectivity index (χ0) is 20.3. The largest absolute Gasteiger partial charge is 0.337 e. The molecule has 0 saturated carbocycles. The van der Waals surface area contributed by atoms with Gasteiger partial charge in [-0.1, -0.05) is 18.2 Å². The highest BCUT2D eigenvalue weighted by atomic mass is 32.2. The maximum atomic E-state index is 14.3. The van der Waals surface area contributed by atoms with Crippen molar-refractivity contribution < 1.29 is 18.4 Å². The molecule has 2 aromatic rings. The van der Waals surface area contributed by atoms with Crippen molar-refractivity contribution >= 4 is 23.6 Å². The van der Waals surface area contributed by atoms with E-state index in [1.807, 2.05) is 13.8 Å². The van der Waals surface area contributed by atoms with Gasteiger partial charge >= 0.3 is 0 Å². The maximum absolute atomic E-state index is 14.3. The van der Waals surface area contributed by atoms with E-state index in [-0.39, 0.29) is 22.9 Å². The molecule has 1 aliphatic heterocycles. The summed E-state index contributed by atoms with van der Waals surface area (Å²) in [6.07, 6.45) is 0. The van der Waals surface area contributed by atoms with E-state index in [4.69, 9.17) is 0 Å². The number of thioether (sulfide) groups is 1. The van der Waals surface area contributed by atoms with Gasteiger partial charge in [-0.05, 0) is 44.2 Å². The molecule has 0 N–H and O–H groups in total. The van der Waals surface area contributed by atoms with Crippen molar-refractivity contribution in [3.63, 3.8) is 0 Å². The molecule has 7 heteroatoms. The molecular weight excluding hydrogens is 382 g/mol. The second kappa shape index (κ2) is 8.73. The van der Waals surface area contributed by atoms with Crippen LogP contribution in [0, 0.1) is 11.6 Å². The summed E-state index contributed by atoms with van der Waals surface area (Å²) >= 11 is 1.41. The van der Waals surface area contributed by atoms with Gasteiger partial charge in [0.2, 0.25) is 5.91 Å². The molecular formula is C21H22F2N2O2S. The van der Waals surface area contributed by atoms with Crippen molar-refractivity contribution in [1.29, 1.82) is 0 Å². The Morgan fingerprint density at radius 3 is 2.46 bits per heavy atom. The second-order valence-electron chi connectivity index (χ2n) is 6.58. The molecule has 1 heterocycles. The van der Waals surface area contributed by atoms with Gasteiger partial charge in [0.15, 0.2) is 0 Å². The standard InChI is InChI=1S/C21H22F2N2O2S/c1-3-24(20(27)15-8-10-16(22)11-9-15)12-13-25-19(26)14(2)28-21(25)17-6-4-5-7-18(17)23/h4-11,14,21H,3,12-13H2,1-2H3/t14-,21+/m0/s1. The molecule has 1 aliphatic rings. The summed E-state index contributed by atoms with van der Waals surface area (Å²) in [5.41, 5.74) is 0.863. The van der Waals surface area contributed by atoms with Crippen LogP contribution in [0.5, 0.6) is 0 Å². The lowest BCUT2D eigenvalue weighted by Gasteiger charge is -2.28. The van der Waals surface area contributed by atoms with Gasteiger partial charge in [0, 0.05) is 30.8 Å². The predicted molar refractivity (Wildman–Crippen MR) is 106 cm³/mol. The van der Waals surface area contributed by atoms with E-state index >= 15 is 0 Å². The first-order valence-corrected chi connectivity index (χ1v) is 10.1. The average Bonchev–Trinajstić information content (AvgIpc) is 2.97. The van der Waals surface area contributed by atoms with Gasteiger partial charge in [0.1, 0.15) is 17.0 Å². The van der Waals surface area contributed by atoms with Gasteiger partial charge in [-0.2, -0.15) is 0 Å². The molecule has 0 radical (unpaired) electrons. The van der Waals surface area contributed by atoms with Crippen molar-refractivity contribution in [1.82, 2.24) is 9.80 Å². The van der Waals surface area contributed by atoms with Crippen LogP contribution in [0.2, 0.25) is 0 Å². The zero-order valence-corrected chi connectivity index (χ0v) is 16.6. The van der Waals surface area contributed by atoms with E-state index in [1.165, 1.54) is 42.1 Å². The fraction of sp³-hybridized carbons (Fsp3) is 0.333. The zero-order valence-electron chi connectivity index (χ0n) is 15.8. The van der Waals surface area contributed by atoms with Gasteiger partial charge in [-0.25, -0.2) is 8.78 Å². The Morgan fingerprint density at radius 1 is 1.14 bits per heavy atom. The van der Waals surface area contributed by atoms with Crippen molar-refractivity contribution in [3.05, 3.63) is 71.3 Å². The van der Waals surface area contributed by atoms with Crippen LogP contribution in [-0.2, 0) is 4.79 Å². The molecule has 148 valence electrons. The van der Waals surface area contributed by atoms with Gasteiger partial charge in [0.25, 0.3) is 5.91 Å². The number of carbonyl (C=O) groups is 2. The van der Waals surface area contributed by atoms with E-state index < -0.39 is 11.2 Å². The molecule has 0 aromatic heterocycles. The second-order valence-corrected chi connectivity index (χ2v) is 8.00. The molecule has 2 atom stereocenters. The van der Waals surface area contributed by atoms with Crippen LogP contribution >= 0.6 is 11.8 Å². The Bertz CT molecular complexity index is 860. The van der Waals surface area contributed by atoms with E-state index in [0.717, 1.165) is 0 Å². The maximum Gasteiger partial charge on any atom is 0.253 e. The molecule has 28 heavy (non-hydrogen) atoms. The monoisotopic (exact) mass is 404 g/mol. The number of nitrogens with zero attached hydrogens (tertiary/aromatic N) is 2. The first-order chi connectivity index (χ1) is 13.4. The highest BCUT2D eigenvalue weighted by Gasteiger charge is 2.39. The Kier molecular flexibility index (Phi) is 6.34. The van der Waals surface area contributed by atoms with Crippen LogP contribution < -0.4 is 0 Å². The highest BCUT2D eigenvalue weighted by Crippen LogP contribution is 2.43. The van der Waals surface area contributed by atoms with Crippen molar-refractivity contribution in [3.8, 4) is 0 Å². The summed E-state index contributed by atoms with van der Waals surface area (Å²) in [5, 5.41) is -0.684. The average molecular weight is 404 g/mol. The van der Waals surface area contributed by atoms with Gasteiger partial charge in [0.05, 0.1) is 5.25 Å². The first kappa shape index (κ1) is 20.3. The molecule has 1 saturated heterocycles. The van der Waals surface area contributed by atoms with Crippen molar-refractivity contribution in [2.24, 2.45) is 0 Å². The Morgan fingerprint density at radius 2 is 1.82 bits per heavy atom. The number of carbonyl (C=O) groups excluding carboxylic acids is 2. The van der Waals surface area contributed by atoms with Gasteiger partial charge < -0.3 is 9.80 Å². The van der Waals surface area contributed by atoms with Crippen LogP contribution in [0.15, 0.2) is 48.5 Å². The van der Waals surface area contributed by atoms with Crippen molar-refractivity contribution in [2.45, 2.75) is 24.5 Å². The van der Waals surface area contributed by atoms with Crippen LogP contribution in [0.1, 0.15) is 35.1 Å². The highest BCUT2D eigenvalue weighted by molar-refractivity contribution is 8.01. The minimum Gasteiger partial charge on any atom is -0.337 e. The molecule has 0 spiro atoms. The van der Waals surface area contributed by atoms with Gasteiger partial charge in [-0.15, -0.1) is 11.8 Å². The summed E-state index contributed by atoms with van der Waals surface area (Å²) in [6.45, 7) is 4.72. The molecule has 4 nitrogen and oxygen atoms in total. The lowest BCUT2D eigenvalue weighted by molar-refractivity contribution is -0.130. The minimum atomic E-state index is -0.414. The molecule has 0 unspecified atom stereocenters. The number of hydrogen-bond donors (Lipinski definition) is 0.